The van der Waals surface area contributed by atoms with Crippen LogP contribution in [0, 0.1) is 0 Å². The van der Waals surface area contributed by atoms with Crippen molar-refractivity contribution in [3.8, 4) is 0 Å². The SMILES string of the molecule is COC(=O)C(Br)c1ccccc1C(Br)C(=O)OC. The highest BCUT2D eigenvalue weighted by molar-refractivity contribution is 9.09. The van der Waals surface area contributed by atoms with E-state index in [2.05, 4.69) is 41.3 Å². The van der Waals surface area contributed by atoms with Crippen molar-refractivity contribution in [2.45, 2.75) is 9.65 Å². The summed E-state index contributed by atoms with van der Waals surface area (Å²) in [5.41, 5.74) is 1.33. The van der Waals surface area contributed by atoms with Crippen molar-refractivity contribution < 1.29 is 19.1 Å². The van der Waals surface area contributed by atoms with Crippen molar-refractivity contribution in [2.24, 2.45) is 0 Å². The van der Waals surface area contributed by atoms with E-state index in [4.69, 9.17) is 0 Å². The number of ether oxygens (including phenoxy) is 2. The van der Waals surface area contributed by atoms with Crippen LogP contribution >= 0.6 is 31.9 Å². The molecule has 0 spiro atoms. The standard InChI is InChI=1S/C12H12Br2O4/c1-17-11(15)9(13)7-5-3-4-6-8(7)10(14)12(16)18-2/h3-6,9-10H,1-2H3. The smallest absolute Gasteiger partial charge is 0.324 e. The fourth-order valence-electron chi connectivity index (χ4n) is 1.43. The van der Waals surface area contributed by atoms with Crippen LogP contribution in [-0.2, 0) is 19.1 Å². The lowest BCUT2D eigenvalue weighted by Crippen LogP contribution is -2.14. The molecule has 0 radical (unpaired) electrons. The van der Waals surface area contributed by atoms with Crippen molar-refractivity contribution in [3.05, 3.63) is 35.4 Å². The monoisotopic (exact) mass is 378 g/mol. The van der Waals surface area contributed by atoms with E-state index >= 15 is 0 Å². The molecule has 0 amide bonds. The second-order valence-electron chi connectivity index (χ2n) is 3.40. The first kappa shape index (κ1) is 15.2. The molecule has 2 unspecified atom stereocenters. The summed E-state index contributed by atoms with van der Waals surface area (Å²) in [6.07, 6.45) is 0. The first-order chi connectivity index (χ1) is 8.52. The summed E-state index contributed by atoms with van der Waals surface area (Å²) in [5.74, 6) is -0.848. The highest BCUT2D eigenvalue weighted by Crippen LogP contribution is 2.34. The van der Waals surface area contributed by atoms with E-state index in [1.807, 2.05) is 0 Å². The molecule has 0 aliphatic heterocycles. The summed E-state index contributed by atoms with van der Waals surface area (Å²) >= 11 is 6.51. The fraction of sp³-hybridized carbons (Fsp3) is 0.333. The third kappa shape index (κ3) is 3.32. The minimum atomic E-state index is -0.622. The van der Waals surface area contributed by atoms with Gasteiger partial charge in [0.1, 0.15) is 9.65 Å². The summed E-state index contributed by atoms with van der Waals surface area (Å²) in [5, 5.41) is 0. The Morgan fingerprint density at radius 2 is 1.28 bits per heavy atom. The lowest BCUT2D eigenvalue weighted by molar-refractivity contribution is -0.141. The second kappa shape index (κ2) is 6.89. The van der Waals surface area contributed by atoms with Gasteiger partial charge in [-0.1, -0.05) is 56.1 Å². The topological polar surface area (TPSA) is 52.6 Å². The number of methoxy groups -OCH3 is 2. The van der Waals surface area contributed by atoms with Crippen molar-refractivity contribution in [1.82, 2.24) is 0 Å². The lowest BCUT2D eigenvalue weighted by atomic mass is 10.0. The van der Waals surface area contributed by atoms with E-state index < -0.39 is 21.6 Å². The fourth-order valence-corrected chi connectivity index (χ4v) is 2.64. The molecule has 98 valence electrons. The maximum atomic E-state index is 11.5. The van der Waals surface area contributed by atoms with Gasteiger partial charge in [0.25, 0.3) is 0 Å². The maximum Gasteiger partial charge on any atom is 0.324 e. The van der Waals surface area contributed by atoms with Crippen LogP contribution in [0.4, 0.5) is 0 Å². The van der Waals surface area contributed by atoms with Crippen LogP contribution in [0.1, 0.15) is 20.8 Å². The summed E-state index contributed by atoms with van der Waals surface area (Å²) in [6, 6.07) is 7.08. The minimum Gasteiger partial charge on any atom is -0.468 e. The Hall–Kier alpha value is -0.880. The van der Waals surface area contributed by atoms with Gasteiger partial charge in [0.15, 0.2) is 0 Å². The number of rotatable bonds is 4. The Kier molecular flexibility index (Phi) is 5.81. The molecule has 0 aromatic heterocycles. The molecule has 6 heteroatoms. The molecular weight excluding hydrogens is 368 g/mol. The summed E-state index contributed by atoms with van der Waals surface area (Å²) in [4.78, 5) is 21.8. The van der Waals surface area contributed by atoms with Gasteiger partial charge in [0.2, 0.25) is 0 Å². The maximum absolute atomic E-state index is 11.5. The largest absolute Gasteiger partial charge is 0.468 e. The molecule has 0 aliphatic carbocycles. The van der Waals surface area contributed by atoms with E-state index in [-0.39, 0.29) is 0 Å². The molecule has 0 bridgehead atoms. The molecule has 18 heavy (non-hydrogen) atoms. The van der Waals surface area contributed by atoms with Crippen molar-refractivity contribution >= 4 is 43.8 Å². The van der Waals surface area contributed by atoms with Crippen LogP contribution in [0.3, 0.4) is 0 Å². The number of benzene rings is 1. The van der Waals surface area contributed by atoms with Crippen LogP contribution in [0.2, 0.25) is 0 Å². The van der Waals surface area contributed by atoms with Gasteiger partial charge < -0.3 is 9.47 Å². The van der Waals surface area contributed by atoms with Crippen molar-refractivity contribution in [3.63, 3.8) is 0 Å². The van der Waals surface area contributed by atoms with Crippen LogP contribution in [0.15, 0.2) is 24.3 Å². The zero-order valence-corrected chi connectivity index (χ0v) is 13.0. The quantitative estimate of drug-likeness (QED) is 0.596. The highest BCUT2D eigenvalue weighted by Gasteiger charge is 2.26. The molecule has 0 aliphatic rings. The van der Waals surface area contributed by atoms with Crippen LogP contribution in [-0.4, -0.2) is 26.2 Å². The summed E-state index contributed by atoms with van der Waals surface area (Å²) in [7, 11) is 2.62. The molecule has 0 heterocycles. The molecular formula is C12H12Br2O4. The van der Waals surface area contributed by atoms with Crippen LogP contribution < -0.4 is 0 Å². The van der Waals surface area contributed by atoms with Crippen molar-refractivity contribution in [2.75, 3.05) is 14.2 Å². The van der Waals surface area contributed by atoms with E-state index in [9.17, 15) is 9.59 Å². The number of alkyl halides is 2. The lowest BCUT2D eigenvalue weighted by Gasteiger charge is -2.16. The predicted molar refractivity (Wildman–Crippen MR) is 73.8 cm³/mol. The van der Waals surface area contributed by atoms with Crippen LogP contribution in [0.25, 0.3) is 0 Å². The number of carbonyl (C=O) groups is 2. The molecule has 1 aromatic carbocycles. The number of hydrogen-bond acceptors (Lipinski definition) is 4. The van der Waals surface area contributed by atoms with Gasteiger partial charge in [-0.15, -0.1) is 0 Å². The van der Waals surface area contributed by atoms with E-state index in [0.29, 0.717) is 11.1 Å². The Morgan fingerprint density at radius 3 is 1.56 bits per heavy atom. The van der Waals surface area contributed by atoms with Crippen LogP contribution in [0.5, 0.6) is 0 Å². The zero-order chi connectivity index (χ0) is 13.7. The zero-order valence-electron chi connectivity index (χ0n) is 9.85. The number of esters is 2. The van der Waals surface area contributed by atoms with E-state index in [1.54, 1.807) is 24.3 Å². The Bertz CT molecular complexity index is 406. The first-order valence-corrected chi connectivity index (χ1v) is 6.88. The van der Waals surface area contributed by atoms with Crippen molar-refractivity contribution in [1.29, 1.82) is 0 Å². The average Bonchev–Trinajstić information content (AvgIpc) is 2.43. The van der Waals surface area contributed by atoms with Gasteiger partial charge in [-0.2, -0.15) is 0 Å². The Labute approximate surface area is 122 Å². The summed E-state index contributed by atoms with van der Waals surface area (Å²) < 4.78 is 9.34. The normalized spacial score (nSPS) is 13.6. The van der Waals surface area contributed by atoms with E-state index in [0.717, 1.165) is 0 Å². The molecule has 2 atom stereocenters. The predicted octanol–water partition coefficient (Wildman–Crippen LogP) is 2.90. The Morgan fingerprint density at radius 1 is 0.944 bits per heavy atom. The number of halogens is 2. The summed E-state index contributed by atoms with van der Waals surface area (Å²) in [6.45, 7) is 0. The molecule has 0 fully saturated rings. The van der Waals surface area contributed by atoms with Gasteiger partial charge in [0, 0.05) is 0 Å². The van der Waals surface area contributed by atoms with Gasteiger partial charge in [-0.05, 0) is 11.1 Å². The molecule has 0 saturated heterocycles. The number of hydrogen-bond donors (Lipinski definition) is 0. The molecule has 0 N–H and O–H groups in total. The molecule has 0 saturated carbocycles. The van der Waals surface area contributed by atoms with Gasteiger partial charge >= 0.3 is 11.9 Å². The van der Waals surface area contributed by atoms with Gasteiger partial charge in [-0.25, -0.2) is 0 Å². The number of carbonyl (C=O) groups excluding carboxylic acids is 2. The molecule has 1 rings (SSSR count). The molecule has 4 nitrogen and oxygen atoms in total. The van der Waals surface area contributed by atoms with Gasteiger partial charge in [0.05, 0.1) is 14.2 Å². The molecule has 1 aromatic rings. The third-order valence-corrected chi connectivity index (χ3v) is 4.09. The second-order valence-corrected chi connectivity index (χ2v) is 5.23. The average molecular weight is 380 g/mol. The van der Waals surface area contributed by atoms with Gasteiger partial charge in [-0.3, -0.25) is 9.59 Å². The Balaban J connectivity index is 3.14. The third-order valence-electron chi connectivity index (χ3n) is 2.36. The minimum absolute atomic E-state index is 0.424. The highest BCUT2D eigenvalue weighted by atomic mass is 79.9. The van der Waals surface area contributed by atoms with E-state index in [1.165, 1.54) is 14.2 Å². The first-order valence-electron chi connectivity index (χ1n) is 5.05.